The highest BCUT2D eigenvalue weighted by Crippen LogP contribution is 2.28. The van der Waals surface area contributed by atoms with E-state index >= 15 is 0 Å². The number of likely N-dealkylation sites (N-methyl/N-ethyl adjacent to an activating group) is 1. The summed E-state index contributed by atoms with van der Waals surface area (Å²) in [6.45, 7) is 14.1. The van der Waals surface area contributed by atoms with Gasteiger partial charge in [-0.2, -0.15) is 0 Å². The van der Waals surface area contributed by atoms with Crippen molar-refractivity contribution in [3.8, 4) is 5.75 Å². The van der Waals surface area contributed by atoms with E-state index in [1.807, 2.05) is 18.2 Å². The lowest BCUT2D eigenvalue weighted by Crippen LogP contribution is -3.28. The van der Waals surface area contributed by atoms with E-state index in [2.05, 4.69) is 19.6 Å². The quantitative estimate of drug-likeness (QED) is 0.691. The first-order valence-electron chi connectivity index (χ1n) is 7.92. The molecular formula is C17H27ClN2O+2. The van der Waals surface area contributed by atoms with Crippen LogP contribution in [0.25, 0.3) is 0 Å². The number of rotatable bonds is 7. The lowest BCUT2D eigenvalue weighted by molar-refractivity contribution is -1.01. The van der Waals surface area contributed by atoms with Crippen LogP contribution in [0.3, 0.4) is 0 Å². The summed E-state index contributed by atoms with van der Waals surface area (Å²) in [6.07, 6.45) is 2.68. The molecule has 1 saturated heterocycles. The summed E-state index contributed by atoms with van der Waals surface area (Å²) in [4.78, 5) is 3.36. The van der Waals surface area contributed by atoms with Gasteiger partial charge in [-0.3, -0.25) is 0 Å². The maximum absolute atomic E-state index is 6.26. The predicted octanol–water partition coefficient (Wildman–Crippen LogP) is 0.251. The van der Waals surface area contributed by atoms with Gasteiger partial charge < -0.3 is 14.5 Å². The number of allylic oxidation sites excluding steroid dienone is 1. The minimum Gasteiger partial charge on any atom is -0.486 e. The zero-order chi connectivity index (χ0) is 15.1. The standard InChI is InChI=1S/C17H25ClN2O/c1-3-6-15-7-5-8-16(18)17(15)21-14-13-20-11-9-19(4-2)10-12-20/h3,5,7-8H,1,4,6,9-14H2,2H3/p+2. The maximum Gasteiger partial charge on any atom is 0.141 e. The van der Waals surface area contributed by atoms with Crippen LogP contribution < -0.4 is 14.5 Å². The molecule has 1 heterocycles. The van der Waals surface area contributed by atoms with Crippen molar-refractivity contribution in [2.45, 2.75) is 13.3 Å². The van der Waals surface area contributed by atoms with Gasteiger partial charge in [0.1, 0.15) is 45.1 Å². The minimum absolute atomic E-state index is 0.699. The Kier molecular flexibility index (Phi) is 6.55. The van der Waals surface area contributed by atoms with E-state index in [0.29, 0.717) is 5.02 Å². The maximum atomic E-state index is 6.26. The molecule has 1 aliphatic rings. The van der Waals surface area contributed by atoms with Gasteiger partial charge in [0.05, 0.1) is 11.6 Å². The Labute approximate surface area is 133 Å². The molecule has 1 aliphatic heterocycles. The Balaban J connectivity index is 1.82. The van der Waals surface area contributed by atoms with E-state index in [0.717, 1.165) is 30.9 Å². The van der Waals surface area contributed by atoms with Crippen LogP contribution in [0.2, 0.25) is 5.02 Å². The number of nitrogens with one attached hydrogen (secondary N) is 2. The van der Waals surface area contributed by atoms with Gasteiger partial charge in [-0.05, 0) is 25.0 Å². The number of quaternary nitrogens is 2. The van der Waals surface area contributed by atoms with E-state index in [4.69, 9.17) is 16.3 Å². The Bertz CT molecular complexity index is 456. The summed E-state index contributed by atoms with van der Waals surface area (Å²) in [5.74, 6) is 0.830. The van der Waals surface area contributed by atoms with Gasteiger partial charge in [0, 0.05) is 0 Å². The summed E-state index contributed by atoms with van der Waals surface area (Å²) in [7, 11) is 0. The van der Waals surface area contributed by atoms with Gasteiger partial charge in [0.25, 0.3) is 0 Å². The Morgan fingerprint density at radius 1 is 1.24 bits per heavy atom. The van der Waals surface area contributed by atoms with Crippen LogP contribution in [0.4, 0.5) is 0 Å². The summed E-state index contributed by atoms with van der Waals surface area (Å²) >= 11 is 6.26. The van der Waals surface area contributed by atoms with Crippen molar-refractivity contribution in [3.63, 3.8) is 0 Å². The SMILES string of the molecule is C=CCc1cccc(Cl)c1OCC[NH+]1CC[NH+](CC)CC1. The van der Waals surface area contributed by atoms with E-state index in [-0.39, 0.29) is 0 Å². The van der Waals surface area contributed by atoms with E-state index in [1.54, 1.807) is 9.80 Å². The van der Waals surface area contributed by atoms with Crippen molar-refractivity contribution in [1.29, 1.82) is 0 Å². The molecule has 0 bridgehead atoms. The number of hydrogen-bond donors (Lipinski definition) is 2. The number of hydrogen-bond acceptors (Lipinski definition) is 1. The summed E-state index contributed by atoms with van der Waals surface area (Å²) in [6, 6.07) is 5.91. The smallest absolute Gasteiger partial charge is 0.141 e. The van der Waals surface area contributed by atoms with Gasteiger partial charge >= 0.3 is 0 Å². The predicted molar refractivity (Wildman–Crippen MR) is 87.6 cm³/mol. The summed E-state index contributed by atoms with van der Waals surface area (Å²) < 4.78 is 5.97. The number of para-hydroxylation sites is 1. The molecule has 0 atom stereocenters. The van der Waals surface area contributed by atoms with Gasteiger partial charge in [0.15, 0.2) is 0 Å². The van der Waals surface area contributed by atoms with Gasteiger partial charge in [-0.15, -0.1) is 6.58 Å². The fourth-order valence-electron chi connectivity index (χ4n) is 2.89. The van der Waals surface area contributed by atoms with Crippen molar-refractivity contribution >= 4 is 11.6 Å². The van der Waals surface area contributed by atoms with Crippen LogP contribution in [0.1, 0.15) is 12.5 Å². The zero-order valence-corrected chi connectivity index (χ0v) is 13.7. The molecule has 0 saturated carbocycles. The highest BCUT2D eigenvalue weighted by molar-refractivity contribution is 6.32. The third-order valence-corrected chi connectivity index (χ3v) is 4.58. The number of piperazine rings is 1. The molecule has 1 fully saturated rings. The molecule has 0 amide bonds. The minimum atomic E-state index is 0.699. The Morgan fingerprint density at radius 2 is 1.95 bits per heavy atom. The second-order valence-corrected chi connectivity index (χ2v) is 6.08. The van der Waals surface area contributed by atoms with Crippen LogP contribution in [0.5, 0.6) is 5.75 Å². The summed E-state index contributed by atoms with van der Waals surface area (Å²) in [5, 5.41) is 0.699. The number of halogens is 1. The normalized spacial score (nSPS) is 22.0. The van der Waals surface area contributed by atoms with Crippen molar-refractivity contribution in [1.82, 2.24) is 0 Å². The average Bonchev–Trinajstić information content (AvgIpc) is 2.51. The van der Waals surface area contributed by atoms with Crippen LogP contribution in [0, 0.1) is 0 Å². The third-order valence-electron chi connectivity index (χ3n) is 4.28. The molecular weight excluding hydrogens is 284 g/mol. The Hall–Kier alpha value is -1.03. The number of benzene rings is 1. The first-order chi connectivity index (χ1) is 10.2. The molecule has 2 rings (SSSR count). The van der Waals surface area contributed by atoms with Crippen molar-refractivity contribution in [2.24, 2.45) is 0 Å². The highest BCUT2D eigenvalue weighted by atomic mass is 35.5. The molecule has 2 N–H and O–H groups in total. The molecule has 1 aromatic rings. The van der Waals surface area contributed by atoms with Crippen molar-refractivity contribution < 1.29 is 14.5 Å². The second-order valence-electron chi connectivity index (χ2n) is 5.67. The van der Waals surface area contributed by atoms with Crippen molar-refractivity contribution in [2.75, 3.05) is 45.9 Å². The molecule has 3 nitrogen and oxygen atoms in total. The van der Waals surface area contributed by atoms with Crippen LogP contribution in [0.15, 0.2) is 30.9 Å². The summed E-state index contributed by atoms with van der Waals surface area (Å²) in [5.41, 5.74) is 1.12. The first kappa shape index (κ1) is 16.3. The molecule has 116 valence electrons. The lowest BCUT2D eigenvalue weighted by Gasteiger charge is -2.29. The van der Waals surface area contributed by atoms with Gasteiger partial charge in [-0.25, -0.2) is 0 Å². The fraction of sp³-hybridized carbons (Fsp3) is 0.529. The topological polar surface area (TPSA) is 18.1 Å². The molecule has 1 aromatic carbocycles. The first-order valence-corrected chi connectivity index (χ1v) is 8.30. The average molecular weight is 311 g/mol. The van der Waals surface area contributed by atoms with E-state index in [1.165, 1.54) is 32.7 Å². The molecule has 0 spiro atoms. The van der Waals surface area contributed by atoms with E-state index in [9.17, 15) is 0 Å². The third kappa shape index (κ3) is 4.73. The van der Waals surface area contributed by atoms with Crippen LogP contribution in [-0.4, -0.2) is 45.9 Å². The zero-order valence-electron chi connectivity index (χ0n) is 13.0. The molecule has 4 heteroatoms. The van der Waals surface area contributed by atoms with Gasteiger partial charge in [0.2, 0.25) is 0 Å². The molecule has 0 unspecified atom stereocenters. The Morgan fingerprint density at radius 3 is 2.62 bits per heavy atom. The number of ether oxygens (including phenoxy) is 1. The highest BCUT2D eigenvalue weighted by Gasteiger charge is 2.21. The van der Waals surface area contributed by atoms with Crippen LogP contribution >= 0.6 is 11.6 Å². The molecule has 0 aromatic heterocycles. The van der Waals surface area contributed by atoms with Crippen LogP contribution in [-0.2, 0) is 6.42 Å². The molecule has 21 heavy (non-hydrogen) atoms. The monoisotopic (exact) mass is 310 g/mol. The lowest BCUT2D eigenvalue weighted by atomic mass is 10.1. The second kappa shape index (κ2) is 8.42. The fourth-order valence-corrected chi connectivity index (χ4v) is 3.14. The molecule has 0 aliphatic carbocycles. The van der Waals surface area contributed by atoms with Crippen molar-refractivity contribution in [3.05, 3.63) is 41.4 Å². The largest absolute Gasteiger partial charge is 0.486 e. The van der Waals surface area contributed by atoms with Gasteiger partial charge in [-0.1, -0.05) is 29.8 Å². The molecule has 0 radical (unpaired) electrons. The van der Waals surface area contributed by atoms with E-state index < -0.39 is 0 Å².